The zero-order valence-electron chi connectivity index (χ0n) is 28.1. The lowest BCUT2D eigenvalue weighted by Crippen LogP contribution is -2.43. The number of hydrogen-bond donors (Lipinski definition) is 0. The average molecular weight is 726 g/mol. The second-order valence-corrected chi connectivity index (χ2v) is 14.5. The van der Waals surface area contributed by atoms with E-state index in [1.807, 2.05) is 4.90 Å². The maximum atomic E-state index is 17.0. The maximum Gasteiger partial charge on any atom is 0.340 e. The van der Waals surface area contributed by atoms with E-state index in [0.717, 1.165) is 18.1 Å². The second kappa shape index (κ2) is 13.5. The first-order chi connectivity index (χ1) is 24.4. The molecule has 0 radical (unpaired) electrons. The van der Waals surface area contributed by atoms with Crippen molar-refractivity contribution in [2.75, 3.05) is 33.6 Å². The summed E-state index contributed by atoms with van der Waals surface area (Å²) in [6.45, 7) is 4.22. The third-order valence-electron chi connectivity index (χ3n) is 9.66. The standard InChI is InChI=1S/C37H35F4N3O6S/c1-4-26-29(39)11-8-22-14-24(49-20-47-3)15-27(31(22)26)32-30(40)16-28-34(33(32)41)42-36(48-19-37-12-5-13-44(37)18-23(38)17-37)43-35(28)50-51(45,46)25-9-6-21(2)7-10-25/h6-11,14-16,23H,4-5,12-13,17-20H2,1-3H3/t23-,37+/m1/s1. The number of halogens is 4. The minimum absolute atomic E-state index is 0.0249. The van der Waals surface area contributed by atoms with Crippen molar-refractivity contribution in [1.82, 2.24) is 14.9 Å². The van der Waals surface area contributed by atoms with E-state index >= 15 is 13.2 Å². The van der Waals surface area contributed by atoms with E-state index in [-0.39, 0.29) is 65.3 Å². The lowest BCUT2D eigenvalue weighted by atomic mass is 9.91. The Kier molecular flexibility index (Phi) is 9.27. The molecule has 0 spiro atoms. The third kappa shape index (κ3) is 6.44. The summed E-state index contributed by atoms with van der Waals surface area (Å²) in [5, 5.41) is 0.324. The van der Waals surface area contributed by atoms with Gasteiger partial charge in [0, 0.05) is 20.1 Å². The first-order valence-corrected chi connectivity index (χ1v) is 17.9. The number of methoxy groups -OCH3 is 1. The first-order valence-electron chi connectivity index (χ1n) is 16.5. The molecule has 9 nitrogen and oxygen atoms in total. The van der Waals surface area contributed by atoms with Crippen LogP contribution >= 0.6 is 0 Å². The van der Waals surface area contributed by atoms with Crippen molar-refractivity contribution in [3.8, 4) is 28.8 Å². The molecule has 4 aromatic carbocycles. The molecule has 268 valence electrons. The largest absolute Gasteiger partial charge is 0.468 e. The summed E-state index contributed by atoms with van der Waals surface area (Å²) in [7, 11) is -3.14. The Bertz CT molecular complexity index is 2260. The Morgan fingerprint density at radius 1 is 1.00 bits per heavy atom. The molecule has 2 atom stereocenters. The van der Waals surface area contributed by atoms with Crippen LogP contribution in [0.3, 0.4) is 0 Å². The van der Waals surface area contributed by atoms with Gasteiger partial charge in [0.05, 0.1) is 16.5 Å². The first kappa shape index (κ1) is 34.9. The van der Waals surface area contributed by atoms with Crippen LogP contribution in [0, 0.1) is 24.4 Å². The van der Waals surface area contributed by atoms with Gasteiger partial charge in [0.1, 0.15) is 40.6 Å². The van der Waals surface area contributed by atoms with Crippen LogP contribution < -0.4 is 13.7 Å². The van der Waals surface area contributed by atoms with Gasteiger partial charge in [0.2, 0.25) is 5.88 Å². The van der Waals surface area contributed by atoms with E-state index < -0.39 is 62.3 Å². The quantitative estimate of drug-likeness (QED) is 0.0782. The molecule has 2 aliphatic rings. The molecule has 2 fully saturated rings. The Morgan fingerprint density at radius 3 is 2.53 bits per heavy atom. The Labute approximate surface area is 292 Å². The molecule has 0 N–H and O–H groups in total. The number of alkyl halides is 1. The highest BCUT2D eigenvalue weighted by atomic mass is 32.2. The number of aromatic nitrogens is 2. The number of benzene rings is 4. The molecule has 0 bridgehead atoms. The van der Waals surface area contributed by atoms with Crippen molar-refractivity contribution in [3.05, 3.63) is 83.2 Å². The van der Waals surface area contributed by atoms with Crippen molar-refractivity contribution < 1.29 is 44.4 Å². The number of nitrogens with zero attached hydrogens (tertiary/aromatic N) is 3. The molecule has 0 unspecified atom stereocenters. The molecule has 2 saturated heterocycles. The van der Waals surface area contributed by atoms with Crippen LogP contribution in [-0.2, 0) is 21.3 Å². The van der Waals surface area contributed by atoms with Crippen molar-refractivity contribution in [2.24, 2.45) is 0 Å². The van der Waals surface area contributed by atoms with Crippen LogP contribution in [0.1, 0.15) is 37.3 Å². The minimum atomic E-state index is -4.56. The van der Waals surface area contributed by atoms with Gasteiger partial charge in [-0.3, -0.25) is 4.90 Å². The molecule has 7 rings (SSSR count). The van der Waals surface area contributed by atoms with Gasteiger partial charge in [0.15, 0.2) is 12.6 Å². The number of ether oxygens (including phenoxy) is 3. The lowest BCUT2D eigenvalue weighted by molar-refractivity contribution is 0.0512. The SMILES string of the molecule is CCc1c(F)ccc2cc(OCOC)cc(-c3c(F)cc4c(OS(=O)(=O)c5ccc(C)cc5)nc(OC[C@@]56CCCN5C[C@H](F)C6)nc4c3F)c12. The highest BCUT2D eigenvalue weighted by Gasteiger charge is 2.49. The third-order valence-corrected chi connectivity index (χ3v) is 10.9. The fourth-order valence-electron chi connectivity index (χ4n) is 7.27. The number of hydrogen-bond acceptors (Lipinski definition) is 9. The van der Waals surface area contributed by atoms with Gasteiger partial charge < -0.3 is 18.4 Å². The molecular formula is C37H35F4N3O6S. The Morgan fingerprint density at radius 2 is 1.78 bits per heavy atom. The maximum absolute atomic E-state index is 17.0. The van der Waals surface area contributed by atoms with Crippen molar-refractivity contribution in [3.63, 3.8) is 0 Å². The zero-order chi connectivity index (χ0) is 36.1. The van der Waals surface area contributed by atoms with E-state index in [0.29, 0.717) is 18.4 Å². The van der Waals surface area contributed by atoms with E-state index in [2.05, 4.69) is 9.97 Å². The normalized spacial score (nSPS) is 19.2. The molecule has 14 heteroatoms. The van der Waals surface area contributed by atoms with Gasteiger partial charge in [-0.15, -0.1) is 0 Å². The van der Waals surface area contributed by atoms with Gasteiger partial charge in [0.25, 0.3) is 0 Å². The molecule has 1 aromatic heterocycles. The van der Waals surface area contributed by atoms with Gasteiger partial charge in [-0.25, -0.2) is 17.6 Å². The second-order valence-electron chi connectivity index (χ2n) is 13.0. The van der Waals surface area contributed by atoms with Gasteiger partial charge in [-0.05, 0) is 91.0 Å². The van der Waals surface area contributed by atoms with Gasteiger partial charge >= 0.3 is 16.1 Å². The molecule has 0 amide bonds. The molecule has 51 heavy (non-hydrogen) atoms. The Balaban J connectivity index is 1.42. The predicted molar refractivity (Wildman–Crippen MR) is 182 cm³/mol. The van der Waals surface area contributed by atoms with Gasteiger partial charge in [-0.1, -0.05) is 30.7 Å². The van der Waals surface area contributed by atoms with Crippen molar-refractivity contribution >= 4 is 31.8 Å². The fourth-order valence-corrected chi connectivity index (χ4v) is 8.17. The molecule has 0 aliphatic carbocycles. The fraction of sp³-hybridized carbons (Fsp3) is 0.351. The summed E-state index contributed by atoms with van der Waals surface area (Å²) in [5.41, 5.74) is -0.713. The number of fused-ring (bicyclic) bond motifs is 3. The summed E-state index contributed by atoms with van der Waals surface area (Å²) >= 11 is 0. The van der Waals surface area contributed by atoms with Crippen LogP contribution in [0.4, 0.5) is 17.6 Å². The summed E-state index contributed by atoms with van der Waals surface area (Å²) in [4.78, 5) is 10.3. The minimum Gasteiger partial charge on any atom is -0.468 e. The van der Waals surface area contributed by atoms with Crippen LogP contribution in [-0.4, -0.2) is 68.6 Å². The van der Waals surface area contributed by atoms with Crippen LogP contribution in [0.2, 0.25) is 0 Å². The topological polar surface area (TPSA) is 100 Å². The van der Waals surface area contributed by atoms with Crippen molar-refractivity contribution in [2.45, 2.75) is 56.1 Å². The Hall–Kier alpha value is -4.53. The van der Waals surface area contributed by atoms with E-state index in [4.69, 9.17) is 18.4 Å². The molecule has 5 aromatic rings. The average Bonchev–Trinajstić information content (AvgIpc) is 3.62. The molecular weight excluding hydrogens is 690 g/mol. The summed E-state index contributed by atoms with van der Waals surface area (Å²) in [6, 6.07) is 12.0. The molecule has 0 saturated carbocycles. The number of aryl methyl sites for hydroxylation is 2. The lowest BCUT2D eigenvalue weighted by Gasteiger charge is -2.30. The summed E-state index contributed by atoms with van der Waals surface area (Å²) < 4.78 is 112. The molecule has 2 aliphatic heterocycles. The highest BCUT2D eigenvalue weighted by Crippen LogP contribution is 2.43. The monoisotopic (exact) mass is 725 g/mol. The molecule has 3 heterocycles. The van der Waals surface area contributed by atoms with Crippen LogP contribution in [0.15, 0.2) is 59.5 Å². The summed E-state index contributed by atoms with van der Waals surface area (Å²) in [6.07, 6.45) is 0.861. The summed E-state index contributed by atoms with van der Waals surface area (Å²) in [5.74, 6) is -3.34. The van der Waals surface area contributed by atoms with E-state index in [1.54, 1.807) is 32.0 Å². The van der Waals surface area contributed by atoms with Gasteiger partial charge in [-0.2, -0.15) is 18.4 Å². The zero-order valence-corrected chi connectivity index (χ0v) is 29.0. The van der Waals surface area contributed by atoms with Crippen molar-refractivity contribution in [1.29, 1.82) is 0 Å². The van der Waals surface area contributed by atoms with Crippen LogP contribution in [0.25, 0.3) is 32.8 Å². The smallest absolute Gasteiger partial charge is 0.340 e. The van der Waals surface area contributed by atoms with E-state index in [9.17, 15) is 12.8 Å². The highest BCUT2D eigenvalue weighted by molar-refractivity contribution is 7.87. The number of rotatable bonds is 11. The van der Waals surface area contributed by atoms with E-state index in [1.165, 1.54) is 37.4 Å². The predicted octanol–water partition coefficient (Wildman–Crippen LogP) is 7.44. The van der Waals surface area contributed by atoms with Crippen LogP contribution in [0.5, 0.6) is 17.6 Å².